The number of rotatable bonds is 4. The second kappa shape index (κ2) is 7.78. The van der Waals surface area contributed by atoms with Crippen LogP contribution in [0, 0.1) is 21.0 Å². The zero-order valence-electron chi connectivity index (χ0n) is 15.0. The standard InChI is InChI=1S/C22H18IN2OS/c1-14-3-8-17(9-4-14)23-18-10-6-16(7-11-18)21(26)25-22-24-19-12-5-15(2)13-20(19)27-22/h3-13H,1-2H3,(H,24,25,26)/q-1. The number of benzene rings is 3. The van der Waals surface area contributed by atoms with Crippen molar-refractivity contribution in [3.05, 3.63) is 90.6 Å². The molecule has 0 aliphatic carbocycles. The fourth-order valence-electron chi connectivity index (χ4n) is 2.64. The van der Waals surface area contributed by atoms with Gasteiger partial charge in [0.25, 0.3) is 0 Å². The predicted octanol–water partition coefficient (Wildman–Crippen LogP) is 2.29. The Balaban J connectivity index is 1.45. The molecule has 27 heavy (non-hydrogen) atoms. The topological polar surface area (TPSA) is 42.0 Å². The van der Waals surface area contributed by atoms with Crippen LogP contribution in [0.5, 0.6) is 0 Å². The molecule has 4 aromatic rings. The number of nitrogens with one attached hydrogen (secondary N) is 1. The molecule has 4 rings (SSSR count). The van der Waals surface area contributed by atoms with Crippen LogP contribution in [0.1, 0.15) is 21.5 Å². The molecule has 5 heteroatoms. The van der Waals surface area contributed by atoms with Gasteiger partial charge in [-0.2, -0.15) is 0 Å². The molecule has 0 radical (unpaired) electrons. The number of aryl methyl sites for hydroxylation is 2. The Bertz CT molecular complexity index is 1100. The molecule has 0 unspecified atom stereocenters. The van der Waals surface area contributed by atoms with Crippen LogP contribution in [0.4, 0.5) is 5.13 Å². The third kappa shape index (κ3) is 4.36. The first-order valence-electron chi connectivity index (χ1n) is 8.57. The van der Waals surface area contributed by atoms with E-state index in [1.54, 1.807) is 0 Å². The summed E-state index contributed by atoms with van der Waals surface area (Å²) in [5, 5.41) is 3.56. The first-order chi connectivity index (χ1) is 13.1. The molecular formula is C22H18IN2OS-. The molecule has 0 fully saturated rings. The molecule has 0 aliphatic rings. The zero-order valence-corrected chi connectivity index (χ0v) is 18.0. The van der Waals surface area contributed by atoms with Crippen LogP contribution in [0.3, 0.4) is 0 Å². The molecular weight excluding hydrogens is 467 g/mol. The van der Waals surface area contributed by atoms with Crippen LogP contribution < -0.4 is 26.5 Å². The number of halogens is 1. The van der Waals surface area contributed by atoms with E-state index >= 15 is 0 Å². The quantitative estimate of drug-likeness (QED) is 0.451. The van der Waals surface area contributed by atoms with Gasteiger partial charge < -0.3 is 0 Å². The Labute approximate surface area is 172 Å². The second-order valence-electron chi connectivity index (χ2n) is 6.34. The van der Waals surface area contributed by atoms with Crippen molar-refractivity contribution >= 4 is 32.6 Å². The van der Waals surface area contributed by atoms with Gasteiger partial charge in [0.05, 0.1) is 0 Å². The molecule has 3 aromatic carbocycles. The number of amides is 1. The maximum absolute atomic E-state index is 12.5. The Morgan fingerprint density at radius 3 is 2.22 bits per heavy atom. The van der Waals surface area contributed by atoms with Crippen LogP contribution >= 0.6 is 11.3 Å². The number of hydrogen-bond acceptors (Lipinski definition) is 3. The third-order valence-electron chi connectivity index (χ3n) is 4.10. The van der Waals surface area contributed by atoms with Gasteiger partial charge in [-0.3, -0.25) is 0 Å². The summed E-state index contributed by atoms with van der Waals surface area (Å²) >= 11 is 1.28. The van der Waals surface area contributed by atoms with Crippen LogP contribution in [0.2, 0.25) is 0 Å². The van der Waals surface area contributed by atoms with Gasteiger partial charge in [0.2, 0.25) is 0 Å². The molecule has 3 nitrogen and oxygen atoms in total. The van der Waals surface area contributed by atoms with Crippen molar-refractivity contribution in [3.8, 4) is 0 Å². The minimum absolute atomic E-state index is 0.120. The third-order valence-corrected chi connectivity index (χ3v) is 7.72. The summed E-state index contributed by atoms with van der Waals surface area (Å²) in [5.41, 5.74) is 4.04. The van der Waals surface area contributed by atoms with Crippen molar-refractivity contribution in [1.82, 2.24) is 4.98 Å². The Hall–Kier alpha value is -2.25. The molecule has 1 heterocycles. The number of anilines is 1. The number of carbonyl (C=O) groups excluding carboxylic acids is 1. The monoisotopic (exact) mass is 485 g/mol. The fraction of sp³-hybridized carbons (Fsp3) is 0.0909. The van der Waals surface area contributed by atoms with Crippen LogP contribution in [-0.4, -0.2) is 10.9 Å². The van der Waals surface area contributed by atoms with Crippen molar-refractivity contribution < 1.29 is 26.0 Å². The molecule has 1 amide bonds. The van der Waals surface area contributed by atoms with Crippen molar-refractivity contribution in [2.45, 2.75) is 13.8 Å². The van der Waals surface area contributed by atoms with Crippen molar-refractivity contribution in [3.63, 3.8) is 0 Å². The number of carbonyl (C=O) groups is 1. The Morgan fingerprint density at radius 2 is 1.52 bits per heavy atom. The van der Waals surface area contributed by atoms with Gasteiger partial charge in [0.15, 0.2) is 0 Å². The predicted molar refractivity (Wildman–Crippen MR) is 107 cm³/mol. The summed E-state index contributed by atoms with van der Waals surface area (Å²) in [6.45, 7) is 4.15. The van der Waals surface area contributed by atoms with Crippen LogP contribution in [0.25, 0.3) is 10.2 Å². The number of aromatic nitrogens is 1. The fourth-order valence-corrected chi connectivity index (χ4v) is 5.76. The van der Waals surface area contributed by atoms with Gasteiger partial charge in [0, 0.05) is 0 Å². The van der Waals surface area contributed by atoms with E-state index in [-0.39, 0.29) is 27.1 Å². The van der Waals surface area contributed by atoms with E-state index in [9.17, 15) is 4.79 Å². The molecule has 0 aliphatic heterocycles. The van der Waals surface area contributed by atoms with Crippen molar-refractivity contribution in [2.24, 2.45) is 0 Å². The number of nitrogens with zero attached hydrogens (tertiary/aromatic N) is 1. The molecule has 0 atom stereocenters. The van der Waals surface area contributed by atoms with Gasteiger partial charge in [0.1, 0.15) is 0 Å². The Morgan fingerprint density at radius 1 is 0.889 bits per heavy atom. The number of hydrogen-bond donors (Lipinski definition) is 1. The normalized spacial score (nSPS) is 11.0. The first kappa shape index (κ1) is 18.1. The molecule has 136 valence electrons. The Kier molecular flexibility index (Phi) is 5.22. The zero-order chi connectivity index (χ0) is 18.8. The molecule has 0 spiro atoms. The van der Waals surface area contributed by atoms with E-state index in [0.29, 0.717) is 10.7 Å². The van der Waals surface area contributed by atoms with Crippen LogP contribution in [0.15, 0.2) is 66.7 Å². The summed E-state index contributed by atoms with van der Waals surface area (Å²) in [5.74, 6) is -0.120. The average molecular weight is 485 g/mol. The van der Waals surface area contributed by atoms with E-state index < -0.39 is 0 Å². The van der Waals surface area contributed by atoms with E-state index in [0.717, 1.165) is 10.2 Å². The summed E-state index contributed by atoms with van der Waals surface area (Å²) in [4.78, 5) is 17.0. The van der Waals surface area contributed by atoms with Gasteiger partial charge >= 0.3 is 173 Å². The van der Waals surface area contributed by atoms with Gasteiger partial charge in [-0.1, -0.05) is 0 Å². The summed E-state index contributed by atoms with van der Waals surface area (Å²) in [6.07, 6.45) is 0. The summed E-state index contributed by atoms with van der Waals surface area (Å²) < 4.78 is 3.76. The van der Waals surface area contributed by atoms with Gasteiger partial charge in [-0.15, -0.1) is 0 Å². The number of thiazole rings is 1. The van der Waals surface area contributed by atoms with E-state index in [1.807, 2.05) is 24.3 Å². The van der Waals surface area contributed by atoms with E-state index in [1.165, 1.54) is 29.6 Å². The molecule has 1 N–H and O–H groups in total. The first-order valence-corrected chi connectivity index (χ1v) is 11.5. The average Bonchev–Trinajstić information content (AvgIpc) is 3.05. The van der Waals surface area contributed by atoms with Gasteiger partial charge in [-0.25, -0.2) is 0 Å². The van der Waals surface area contributed by atoms with E-state index in [4.69, 9.17) is 0 Å². The van der Waals surface area contributed by atoms with E-state index in [2.05, 4.69) is 66.6 Å². The summed E-state index contributed by atoms with van der Waals surface area (Å²) in [6, 6.07) is 22.7. The molecule has 0 saturated carbocycles. The summed E-state index contributed by atoms with van der Waals surface area (Å²) in [7, 11) is 0. The minimum atomic E-state index is -0.225. The molecule has 0 saturated heterocycles. The van der Waals surface area contributed by atoms with Gasteiger partial charge in [-0.05, 0) is 0 Å². The molecule has 1 aromatic heterocycles. The van der Waals surface area contributed by atoms with Crippen LogP contribution in [-0.2, 0) is 0 Å². The second-order valence-corrected chi connectivity index (χ2v) is 10.4. The maximum atomic E-state index is 12.5. The molecule has 0 bridgehead atoms. The number of fused-ring (bicyclic) bond motifs is 1. The van der Waals surface area contributed by atoms with Crippen molar-refractivity contribution in [1.29, 1.82) is 0 Å². The van der Waals surface area contributed by atoms with Crippen molar-refractivity contribution in [2.75, 3.05) is 5.32 Å². The SMILES string of the molecule is Cc1ccc([I-]c2ccc(C(=O)Nc3nc4ccc(C)cc4s3)cc2)cc1.